The van der Waals surface area contributed by atoms with E-state index in [2.05, 4.69) is 29.0 Å². The number of hydrogen-bond acceptors (Lipinski definition) is 3. The number of aryl methyl sites for hydroxylation is 1. The predicted molar refractivity (Wildman–Crippen MR) is 116 cm³/mol. The summed E-state index contributed by atoms with van der Waals surface area (Å²) in [4.78, 5) is 9.03. The van der Waals surface area contributed by atoms with E-state index in [1.54, 1.807) is 24.1 Å². The molecule has 4 rings (SSSR count). The molecule has 2 heterocycles. The van der Waals surface area contributed by atoms with Gasteiger partial charge in [-0.15, -0.1) is 0 Å². The maximum absolute atomic E-state index is 14.3. The lowest BCUT2D eigenvalue weighted by molar-refractivity contribution is 0.631. The van der Waals surface area contributed by atoms with E-state index in [0.29, 0.717) is 16.3 Å². The van der Waals surface area contributed by atoms with Crippen molar-refractivity contribution in [3.63, 3.8) is 0 Å². The van der Waals surface area contributed by atoms with Crippen molar-refractivity contribution in [3.8, 4) is 22.5 Å². The van der Waals surface area contributed by atoms with Crippen LogP contribution in [-0.4, -0.2) is 28.4 Å². The molecule has 0 saturated heterocycles. The summed E-state index contributed by atoms with van der Waals surface area (Å²) < 4.78 is 16.3. The fourth-order valence-corrected chi connectivity index (χ4v) is 4.30. The van der Waals surface area contributed by atoms with Gasteiger partial charge in [-0.05, 0) is 74.9 Å². The number of nitrogens with zero attached hydrogens (tertiary/aromatic N) is 2. The highest BCUT2D eigenvalue weighted by Gasteiger charge is 2.13. The summed E-state index contributed by atoms with van der Waals surface area (Å²) in [5.41, 5.74) is 5.06. The van der Waals surface area contributed by atoms with Gasteiger partial charge in [0.05, 0.1) is 22.0 Å². The van der Waals surface area contributed by atoms with Gasteiger partial charge in [-0.3, -0.25) is 9.29 Å². The van der Waals surface area contributed by atoms with Gasteiger partial charge in [-0.1, -0.05) is 23.7 Å². The third kappa shape index (κ3) is 3.65. The molecule has 0 aliphatic rings. The molecule has 6 heteroatoms. The summed E-state index contributed by atoms with van der Waals surface area (Å²) in [7, 11) is 4.01. The molecule has 142 valence electrons. The van der Waals surface area contributed by atoms with Crippen LogP contribution in [0, 0.1) is 12.7 Å². The van der Waals surface area contributed by atoms with Crippen LogP contribution in [0.15, 0.2) is 59.6 Å². The van der Waals surface area contributed by atoms with Crippen LogP contribution in [0.1, 0.15) is 5.56 Å². The second-order valence-corrected chi connectivity index (χ2v) is 8.61. The largest absolute Gasteiger partial charge is 0.354 e. The lowest BCUT2D eigenvalue weighted by Crippen LogP contribution is -1.99. The normalized spacial score (nSPS) is 11.5. The van der Waals surface area contributed by atoms with Crippen LogP contribution in [0.4, 0.5) is 4.39 Å². The quantitative estimate of drug-likeness (QED) is 0.385. The van der Waals surface area contributed by atoms with Gasteiger partial charge in [0.25, 0.3) is 0 Å². The predicted octanol–water partition coefficient (Wildman–Crippen LogP) is 6.57. The number of fused-ring (bicyclic) bond motifs is 1. The maximum Gasteiger partial charge on any atom is 0.134 e. The van der Waals surface area contributed by atoms with Crippen molar-refractivity contribution < 1.29 is 4.39 Å². The molecule has 0 aliphatic heterocycles. The Hall–Kier alpha value is -2.34. The summed E-state index contributed by atoms with van der Waals surface area (Å²) in [5.74, 6) is -0.342. The zero-order valence-corrected chi connectivity index (χ0v) is 17.3. The van der Waals surface area contributed by atoms with Crippen LogP contribution >= 0.6 is 23.5 Å². The first-order valence-electron chi connectivity index (χ1n) is 8.82. The van der Waals surface area contributed by atoms with E-state index in [1.165, 1.54) is 6.07 Å². The van der Waals surface area contributed by atoms with E-state index in [1.807, 2.05) is 42.8 Å². The fraction of sp³-hybridized carbons (Fsp3) is 0.136. The first kappa shape index (κ1) is 19.0. The standard InChI is InChI=1S/C22H19ClFN3S/c1-13-9-16(28-27(2)3)12-25-22(13)14-7-8-19-15(10-14)11-20(26-19)21-17(23)5-4-6-18(21)24/h4-12,26H,1-3H3. The SMILES string of the molecule is Cc1cc(SN(C)C)cnc1-c1ccc2[nH]c(-c3c(F)cccc3Cl)cc2c1. The minimum Gasteiger partial charge on any atom is -0.354 e. The molecule has 0 saturated carbocycles. The van der Waals surface area contributed by atoms with Gasteiger partial charge < -0.3 is 4.98 Å². The fourth-order valence-electron chi connectivity index (χ4n) is 3.28. The molecule has 28 heavy (non-hydrogen) atoms. The van der Waals surface area contributed by atoms with E-state index in [-0.39, 0.29) is 5.82 Å². The minimum absolute atomic E-state index is 0.342. The molecule has 2 aromatic heterocycles. The van der Waals surface area contributed by atoms with E-state index in [9.17, 15) is 4.39 Å². The molecule has 2 aromatic carbocycles. The lowest BCUT2D eigenvalue weighted by Gasteiger charge is -2.11. The number of aromatic amines is 1. The first-order valence-corrected chi connectivity index (χ1v) is 9.97. The third-order valence-electron chi connectivity index (χ3n) is 4.47. The smallest absolute Gasteiger partial charge is 0.134 e. The summed E-state index contributed by atoms with van der Waals surface area (Å²) in [6, 6.07) is 14.9. The molecule has 0 fully saturated rings. The Kier molecular flexibility index (Phi) is 5.15. The number of halogens is 2. The average Bonchev–Trinajstić information content (AvgIpc) is 3.03. The van der Waals surface area contributed by atoms with Crippen LogP contribution in [-0.2, 0) is 0 Å². The zero-order valence-electron chi connectivity index (χ0n) is 15.8. The Bertz CT molecular complexity index is 1150. The van der Waals surface area contributed by atoms with Crippen molar-refractivity contribution in [1.29, 1.82) is 0 Å². The maximum atomic E-state index is 14.3. The topological polar surface area (TPSA) is 31.9 Å². The van der Waals surface area contributed by atoms with Crippen LogP contribution in [0.2, 0.25) is 5.02 Å². The summed E-state index contributed by atoms with van der Waals surface area (Å²) in [6.07, 6.45) is 1.89. The highest BCUT2D eigenvalue weighted by molar-refractivity contribution is 7.97. The second-order valence-electron chi connectivity index (χ2n) is 6.82. The number of nitrogens with one attached hydrogen (secondary N) is 1. The monoisotopic (exact) mass is 411 g/mol. The Morgan fingerprint density at radius 1 is 1.11 bits per heavy atom. The van der Waals surface area contributed by atoms with E-state index in [0.717, 1.165) is 32.6 Å². The molecule has 0 spiro atoms. The van der Waals surface area contributed by atoms with Gasteiger partial charge >= 0.3 is 0 Å². The minimum atomic E-state index is -0.342. The Balaban J connectivity index is 1.75. The van der Waals surface area contributed by atoms with Gasteiger partial charge in [0.1, 0.15) is 5.82 Å². The molecule has 1 N–H and O–H groups in total. The molecule has 4 aromatic rings. The number of hydrogen-bond donors (Lipinski definition) is 1. The van der Waals surface area contributed by atoms with Crippen molar-refractivity contribution in [1.82, 2.24) is 14.3 Å². The van der Waals surface area contributed by atoms with E-state index < -0.39 is 0 Å². The third-order valence-corrected chi connectivity index (χ3v) is 5.58. The summed E-state index contributed by atoms with van der Waals surface area (Å²) in [6.45, 7) is 2.06. The Morgan fingerprint density at radius 2 is 1.93 bits per heavy atom. The summed E-state index contributed by atoms with van der Waals surface area (Å²) in [5, 5.41) is 1.37. The second kappa shape index (κ2) is 7.59. The molecule has 3 nitrogen and oxygen atoms in total. The molecular formula is C22H19ClFN3S. The van der Waals surface area contributed by atoms with E-state index in [4.69, 9.17) is 11.6 Å². The average molecular weight is 412 g/mol. The number of aromatic nitrogens is 2. The number of pyridine rings is 1. The van der Waals surface area contributed by atoms with Crippen molar-refractivity contribution in [3.05, 3.63) is 71.1 Å². The van der Waals surface area contributed by atoms with Crippen LogP contribution in [0.5, 0.6) is 0 Å². The number of H-pyrrole nitrogens is 1. The Labute approximate surface area is 172 Å². The van der Waals surface area contributed by atoms with Crippen molar-refractivity contribution in [2.24, 2.45) is 0 Å². The molecular weight excluding hydrogens is 393 g/mol. The van der Waals surface area contributed by atoms with Gasteiger partial charge in [0.15, 0.2) is 0 Å². The molecule has 0 radical (unpaired) electrons. The van der Waals surface area contributed by atoms with Crippen LogP contribution in [0.3, 0.4) is 0 Å². The Morgan fingerprint density at radius 3 is 2.64 bits per heavy atom. The van der Waals surface area contributed by atoms with Crippen LogP contribution in [0.25, 0.3) is 33.4 Å². The lowest BCUT2D eigenvalue weighted by atomic mass is 10.0. The van der Waals surface area contributed by atoms with Gasteiger partial charge in [0, 0.05) is 27.6 Å². The van der Waals surface area contributed by atoms with Crippen LogP contribution < -0.4 is 0 Å². The number of rotatable bonds is 4. The highest BCUT2D eigenvalue weighted by Crippen LogP contribution is 2.34. The van der Waals surface area contributed by atoms with Crippen molar-refractivity contribution >= 4 is 34.5 Å². The molecule has 0 atom stereocenters. The van der Waals surface area contributed by atoms with Crippen molar-refractivity contribution in [2.45, 2.75) is 11.8 Å². The molecule has 0 bridgehead atoms. The van der Waals surface area contributed by atoms with E-state index >= 15 is 0 Å². The highest BCUT2D eigenvalue weighted by atomic mass is 35.5. The van der Waals surface area contributed by atoms with Gasteiger partial charge in [-0.25, -0.2) is 4.39 Å². The zero-order chi connectivity index (χ0) is 19.8. The molecule has 0 aliphatic carbocycles. The summed E-state index contributed by atoms with van der Waals surface area (Å²) >= 11 is 7.86. The van der Waals surface area contributed by atoms with Gasteiger partial charge in [0.2, 0.25) is 0 Å². The van der Waals surface area contributed by atoms with Gasteiger partial charge in [-0.2, -0.15) is 0 Å². The molecule has 0 unspecified atom stereocenters. The number of benzene rings is 2. The first-order chi connectivity index (χ1) is 13.4. The molecule has 0 amide bonds. The van der Waals surface area contributed by atoms with Crippen molar-refractivity contribution in [2.75, 3.05) is 14.1 Å².